The van der Waals surface area contributed by atoms with Crippen LogP contribution >= 0.6 is 0 Å². The highest BCUT2D eigenvalue weighted by molar-refractivity contribution is 7.86. The third-order valence-corrected chi connectivity index (χ3v) is 4.48. The maximum Gasteiger partial charge on any atom is 0.297 e. The molecule has 6 heteroatoms. The van der Waals surface area contributed by atoms with Crippen LogP contribution in [0.1, 0.15) is 33.3 Å². The summed E-state index contributed by atoms with van der Waals surface area (Å²) in [7, 11) is -3.87. The normalized spacial score (nSPS) is 16.7. The molecule has 0 aliphatic heterocycles. The van der Waals surface area contributed by atoms with Crippen LogP contribution in [-0.2, 0) is 19.0 Å². The summed E-state index contributed by atoms with van der Waals surface area (Å²) in [5.74, 6) is 0. The van der Waals surface area contributed by atoms with Crippen LogP contribution in [0.5, 0.6) is 0 Å². The number of ether oxygens (including phenoxy) is 1. The molecule has 0 aliphatic carbocycles. The van der Waals surface area contributed by atoms with Gasteiger partial charge in [-0.15, -0.1) is 0 Å². The first-order valence-electron chi connectivity index (χ1n) is 6.89. The van der Waals surface area contributed by atoms with E-state index in [1.165, 1.54) is 12.1 Å². The monoisotopic (exact) mass is 316 g/mol. The molecule has 0 fully saturated rings. The zero-order valence-corrected chi connectivity index (χ0v) is 14.0. The molecular formula is C15H24O5S. The van der Waals surface area contributed by atoms with E-state index in [0.29, 0.717) is 0 Å². The summed E-state index contributed by atoms with van der Waals surface area (Å²) in [5.41, 5.74) is -0.128. The van der Waals surface area contributed by atoms with Gasteiger partial charge in [-0.2, -0.15) is 8.42 Å². The molecule has 0 heterocycles. The van der Waals surface area contributed by atoms with Gasteiger partial charge in [-0.05, 0) is 46.8 Å². The van der Waals surface area contributed by atoms with Crippen LogP contribution in [0.3, 0.4) is 0 Å². The summed E-state index contributed by atoms with van der Waals surface area (Å²) >= 11 is 0. The molecule has 21 heavy (non-hydrogen) atoms. The zero-order chi connectivity index (χ0) is 16.3. The summed E-state index contributed by atoms with van der Waals surface area (Å²) < 4.78 is 35.0. The molecule has 0 aromatic heterocycles. The van der Waals surface area contributed by atoms with Crippen molar-refractivity contribution in [2.45, 2.75) is 57.3 Å². The lowest BCUT2D eigenvalue weighted by molar-refractivity contribution is -0.147. The second-order valence-electron chi connectivity index (χ2n) is 5.68. The molecule has 120 valence electrons. The third-order valence-electron chi connectivity index (χ3n) is 3.20. The van der Waals surface area contributed by atoms with Gasteiger partial charge < -0.3 is 9.84 Å². The fourth-order valence-corrected chi connectivity index (χ4v) is 2.75. The average molecular weight is 316 g/mol. The highest BCUT2D eigenvalue weighted by Crippen LogP contribution is 2.22. The number of rotatable bonds is 7. The Kier molecular flexibility index (Phi) is 5.92. The Morgan fingerprint density at radius 2 is 1.71 bits per heavy atom. The molecule has 0 saturated carbocycles. The van der Waals surface area contributed by atoms with E-state index in [1.54, 1.807) is 26.0 Å². The SMILES string of the molecule is Cc1ccc(S(=O)(=O)OCC(C)(OC(C)C)C(C)O)cc1. The molecule has 0 saturated heterocycles. The first kappa shape index (κ1) is 18.1. The van der Waals surface area contributed by atoms with E-state index < -0.39 is 21.8 Å². The molecule has 0 amide bonds. The van der Waals surface area contributed by atoms with Gasteiger partial charge >= 0.3 is 0 Å². The molecule has 1 aromatic rings. The standard InChI is InChI=1S/C15H24O5S/c1-11(2)20-15(5,13(4)16)10-19-21(17,18)14-8-6-12(3)7-9-14/h6-9,11,13,16H,10H2,1-5H3. The molecule has 2 unspecified atom stereocenters. The average Bonchev–Trinajstić information content (AvgIpc) is 2.36. The van der Waals surface area contributed by atoms with Gasteiger partial charge in [0.25, 0.3) is 10.1 Å². The lowest BCUT2D eigenvalue weighted by Gasteiger charge is -2.33. The lowest BCUT2D eigenvalue weighted by atomic mass is 10.0. The van der Waals surface area contributed by atoms with Crippen molar-refractivity contribution < 1.29 is 22.4 Å². The van der Waals surface area contributed by atoms with E-state index in [9.17, 15) is 13.5 Å². The molecule has 1 N–H and O–H groups in total. The summed E-state index contributed by atoms with van der Waals surface area (Å²) in [5, 5.41) is 9.82. The number of aryl methyl sites for hydroxylation is 1. The van der Waals surface area contributed by atoms with E-state index in [4.69, 9.17) is 8.92 Å². The Bertz CT molecular complexity index is 548. The Morgan fingerprint density at radius 3 is 2.14 bits per heavy atom. The summed E-state index contributed by atoms with van der Waals surface area (Å²) in [6, 6.07) is 6.39. The van der Waals surface area contributed by atoms with Crippen molar-refractivity contribution in [2.75, 3.05) is 6.61 Å². The first-order valence-corrected chi connectivity index (χ1v) is 8.29. The van der Waals surface area contributed by atoms with Crippen molar-refractivity contribution >= 4 is 10.1 Å². The largest absolute Gasteiger partial charge is 0.390 e. The summed E-state index contributed by atoms with van der Waals surface area (Å²) in [6.45, 7) is 8.42. The second-order valence-corrected chi connectivity index (χ2v) is 7.30. The minimum Gasteiger partial charge on any atom is -0.390 e. The van der Waals surface area contributed by atoms with Gasteiger partial charge in [0.1, 0.15) is 5.60 Å². The fourth-order valence-electron chi connectivity index (χ4n) is 1.76. The smallest absolute Gasteiger partial charge is 0.297 e. The van der Waals surface area contributed by atoms with Crippen molar-refractivity contribution in [3.63, 3.8) is 0 Å². The predicted molar refractivity (Wildman–Crippen MR) is 80.6 cm³/mol. The van der Waals surface area contributed by atoms with E-state index in [0.717, 1.165) is 5.56 Å². The number of aliphatic hydroxyl groups is 1. The molecule has 5 nitrogen and oxygen atoms in total. The van der Waals surface area contributed by atoms with Crippen molar-refractivity contribution in [1.29, 1.82) is 0 Å². The van der Waals surface area contributed by atoms with Crippen molar-refractivity contribution in [3.05, 3.63) is 29.8 Å². The first-order chi connectivity index (χ1) is 9.57. The van der Waals surface area contributed by atoms with Crippen LogP contribution < -0.4 is 0 Å². The second kappa shape index (κ2) is 6.87. The van der Waals surface area contributed by atoms with Gasteiger partial charge in [-0.25, -0.2) is 0 Å². The van der Waals surface area contributed by atoms with Gasteiger partial charge in [0.05, 0.1) is 23.7 Å². The Morgan fingerprint density at radius 1 is 1.19 bits per heavy atom. The van der Waals surface area contributed by atoms with Crippen LogP contribution in [0.25, 0.3) is 0 Å². The maximum atomic E-state index is 12.1. The molecule has 0 radical (unpaired) electrons. The molecular weight excluding hydrogens is 292 g/mol. The van der Waals surface area contributed by atoms with E-state index in [1.807, 2.05) is 20.8 Å². The van der Waals surface area contributed by atoms with E-state index in [-0.39, 0.29) is 17.6 Å². The molecule has 1 rings (SSSR count). The Balaban J connectivity index is 2.86. The van der Waals surface area contributed by atoms with Crippen LogP contribution in [0.4, 0.5) is 0 Å². The summed E-state index contributed by atoms with van der Waals surface area (Å²) in [6.07, 6.45) is -1.02. The zero-order valence-electron chi connectivity index (χ0n) is 13.2. The van der Waals surface area contributed by atoms with Crippen LogP contribution in [0, 0.1) is 6.92 Å². The predicted octanol–water partition coefficient (Wildman–Crippen LogP) is 2.26. The Hall–Kier alpha value is -0.950. The lowest BCUT2D eigenvalue weighted by Crippen LogP contribution is -2.46. The van der Waals surface area contributed by atoms with Gasteiger partial charge in [0.15, 0.2) is 0 Å². The van der Waals surface area contributed by atoms with Crippen LogP contribution in [-0.4, -0.2) is 37.9 Å². The molecule has 1 aromatic carbocycles. The van der Waals surface area contributed by atoms with Crippen LogP contribution in [0.15, 0.2) is 29.2 Å². The van der Waals surface area contributed by atoms with E-state index in [2.05, 4.69) is 0 Å². The van der Waals surface area contributed by atoms with Gasteiger partial charge in [-0.3, -0.25) is 4.18 Å². The topological polar surface area (TPSA) is 72.8 Å². The van der Waals surface area contributed by atoms with Crippen LogP contribution in [0.2, 0.25) is 0 Å². The van der Waals surface area contributed by atoms with Crippen molar-refractivity contribution in [1.82, 2.24) is 0 Å². The number of aliphatic hydroxyl groups excluding tert-OH is 1. The van der Waals surface area contributed by atoms with Gasteiger partial charge in [0, 0.05) is 0 Å². The Labute approximate surface area is 127 Å². The van der Waals surface area contributed by atoms with Crippen molar-refractivity contribution in [3.8, 4) is 0 Å². The molecule has 0 spiro atoms. The van der Waals surface area contributed by atoms with Gasteiger partial charge in [0.2, 0.25) is 0 Å². The molecule has 2 atom stereocenters. The number of hydrogen-bond donors (Lipinski definition) is 1. The quantitative estimate of drug-likeness (QED) is 0.781. The summed E-state index contributed by atoms with van der Waals surface area (Å²) in [4.78, 5) is 0.0885. The molecule has 0 aliphatic rings. The minimum atomic E-state index is -3.87. The fraction of sp³-hybridized carbons (Fsp3) is 0.600. The third kappa shape index (κ3) is 5.07. The molecule has 0 bridgehead atoms. The van der Waals surface area contributed by atoms with Gasteiger partial charge in [-0.1, -0.05) is 17.7 Å². The maximum absolute atomic E-state index is 12.1. The van der Waals surface area contributed by atoms with Crippen molar-refractivity contribution in [2.24, 2.45) is 0 Å². The number of hydrogen-bond acceptors (Lipinski definition) is 5. The highest BCUT2D eigenvalue weighted by atomic mass is 32.2. The minimum absolute atomic E-state index is 0.0885. The highest BCUT2D eigenvalue weighted by Gasteiger charge is 2.35. The number of benzene rings is 1. The van der Waals surface area contributed by atoms with E-state index >= 15 is 0 Å².